The van der Waals surface area contributed by atoms with Gasteiger partial charge >= 0.3 is 0 Å². The van der Waals surface area contributed by atoms with E-state index in [1.165, 1.54) is 19.2 Å². The maximum absolute atomic E-state index is 15.6. The van der Waals surface area contributed by atoms with Gasteiger partial charge in [0.1, 0.15) is 11.4 Å². The van der Waals surface area contributed by atoms with Crippen molar-refractivity contribution in [2.45, 2.75) is 50.6 Å². The zero-order valence-electron chi connectivity index (χ0n) is 26.6. The van der Waals surface area contributed by atoms with Crippen LogP contribution in [0.1, 0.15) is 48.4 Å². The smallest absolute Gasteiger partial charge is 0.260 e. The number of fused-ring (bicyclic) bond motifs is 1. The summed E-state index contributed by atoms with van der Waals surface area (Å²) >= 11 is 7.00. The standard InChI is InChI=1S/C35H38ClFN6O4/c1-19-21(5-4-6-25(19)40-33(46)23(12-15-38)32(45)39-2)30-24(37)9-8-22(31(30)36)26-17-20-7-10-27(29(20)34(41-26)47-3)43-16-14-35(18-43)13-11-28(44)42-35/h4-6,8-9,12,17,27H,7,10-11,13-16,18,38H2,1-3H3,(H,39,45)(H,40,46)(H,42,44)/b23-12+. The maximum atomic E-state index is 15.6. The van der Waals surface area contributed by atoms with E-state index in [9.17, 15) is 14.4 Å². The molecule has 3 heterocycles. The predicted molar refractivity (Wildman–Crippen MR) is 179 cm³/mol. The average Bonchev–Trinajstić information content (AvgIpc) is 3.78. The quantitative estimate of drug-likeness (QED) is 0.159. The van der Waals surface area contributed by atoms with Crippen molar-refractivity contribution < 1.29 is 23.5 Å². The normalized spacial score (nSPS) is 20.8. The van der Waals surface area contributed by atoms with Crippen LogP contribution in [0.5, 0.6) is 5.88 Å². The van der Waals surface area contributed by atoms with E-state index < -0.39 is 17.6 Å². The van der Waals surface area contributed by atoms with Crippen molar-refractivity contribution in [1.82, 2.24) is 20.5 Å². The van der Waals surface area contributed by atoms with E-state index in [0.717, 1.165) is 49.9 Å². The zero-order valence-corrected chi connectivity index (χ0v) is 27.4. The van der Waals surface area contributed by atoms with Crippen LogP contribution < -0.4 is 26.4 Å². The Bertz CT molecular complexity index is 1810. The molecule has 3 aromatic rings. The number of likely N-dealkylation sites (tertiary alicyclic amines) is 1. The zero-order chi connectivity index (χ0) is 33.5. The number of rotatable bonds is 8. The SMILES string of the molecule is CNC(=O)/C(=C\CN)C(=O)Nc1cccc(-c2c(F)ccc(-c3cc4c(c(OC)n3)C(N3CCC5(CCC(=O)N5)C3)CC4)c2Cl)c1C. The molecule has 12 heteroatoms. The highest BCUT2D eigenvalue weighted by Crippen LogP contribution is 2.47. The van der Waals surface area contributed by atoms with Gasteiger partial charge in [0.05, 0.1) is 23.4 Å². The summed E-state index contributed by atoms with van der Waals surface area (Å²) in [5.41, 5.74) is 10.2. The van der Waals surface area contributed by atoms with Gasteiger partial charge in [0.2, 0.25) is 11.8 Å². The Morgan fingerprint density at radius 1 is 1.21 bits per heavy atom. The minimum Gasteiger partial charge on any atom is -0.481 e. The molecule has 2 aliphatic heterocycles. The van der Waals surface area contributed by atoms with E-state index in [1.54, 1.807) is 38.3 Å². The Morgan fingerprint density at radius 2 is 2.02 bits per heavy atom. The molecule has 2 saturated heterocycles. The van der Waals surface area contributed by atoms with Gasteiger partial charge in [-0.2, -0.15) is 0 Å². The molecule has 47 heavy (non-hydrogen) atoms. The Morgan fingerprint density at radius 3 is 2.72 bits per heavy atom. The summed E-state index contributed by atoms with van der Waals surface area (Å²) in [6.07, 6.45) is 5.43. The number of amides is 3. The first-order chi connectivity index (χ1) is 22.6. The van der Waals surface area contributed by atoms with Crippen molar-refractivity contribution in [3.05, 3.63) is 75.6 Å². The number of nitrogens with zero attached hydrogens (tertiary/aromatic N) is 2. The molecule has 2 unspecified atom stereocenters. The van der Waals surface area contributed by atoms with Gasteiger partial charge in [-0.15, -0.1) is 0 Å². The van der Waals surface area contributed by atoms with Crippen molar-refractivity contribution in [3.8, 4) is 28.3 Å². The highest BCUT2D eigenvalue weighted by molar-refractivity contribution is 6.36. The second-order valence-electron chi connectivity index (χ2n) is 12.3. The fourth-order valence-electron chi connectivity index (χ4n) is 7.26. The number of pyridine rings is 1. The Kier molecular flexibility index (Phi) is 9.06. The highest BCUT2D eigenvalue weighted by Gasteiger charge is 2.46. The number of aromatic nitrogens is 1. The fourth-order valence-corrected chi connectivity index (χ4v) is 7.61. The van der Waals surface area contributed by atoms with Crippen LogP contribution in [0.2, 0.25) is 5.02 Å². The maximum Gasteiger partial charge on any atom is 0.260 e. The number of hydrogen-bond acceptors (Lipinski definition) is 7. The highest BCUT2D eigenvalue weighted by atomic mass is 35.5. The van der Waals surface area contributed by atoms with Gasteiger partial charge in [0.15, 0.2) is 0 Å². The molecule has 3 aliphatic rings. The number of halogens is 2. The number of benzene rings is 2. The number of nitrogens with one attached hydrogen (secondary N) is 3. The Labute approximate surface area is 277 Å². The number of methoxy groups -OCH3 is 1. The minimum atomic E-state index is -0.639. The number of likely N-dealkylation sites (N-methyl/N-ethyl adjacent to an activating group) is 1. The first-order valence-corrected chi connectivity index (χ1v) is 16.1. The number of anilines is 1. The molecule has 0 radical (unpaired) electrons. The van der Waals surface area contributed by atoms with Crippen molar-refractivity contribution >= 4 is 35.0 Å². The van der Waals surface area contributed by atoms with Gasteiger partial charge in [-0.1, -0.05) is 29.8 Å². The second kappa shape index (κ2) is 13.1. The van der Waals surface area contributed by atoms with Crippen LogP contribution in [0.15, 0.2) is 48.0 Å². The van der Waals surface area contributed by atoms with Crippen LogP contribution in [0, 0.1) is 12.7 Å². The van der Waals surface area contributed by atoms with E-state index in [1.807, 2.05) is 6.07 Å². The lowest BCUT2D eigenvalue weighted by Gasteiger charge is -2.28. The van der Waals surface area contributed by atoms with Crippen molar-refractivity contribution in [3.63, 3.8) is 0 Å². The van der Waals surface area contributed by atoms with Crippen LogP contribution in [0.4, 0.5) is 10.1 Å². The van der Waals surface area contributed by atoms with Gasteiger partial charge < -0.3 is 26.4 Å². The van der Waals surface area contributed by atoms with Gasteiger partial charge in [0.25, 0.3) is 11.8 Å². The molecule has 3 amide bonds. The molecule has 2 atom stereocenters. The van der Waals surface area contributed by atoms with E-state index in [0.29, 0.717) is 40.4 Å². The molecule has 0 bridgehead atoms. The molecular weight excluding hydrogens is 623 g/mol. The topological polar surface area (TPSA) is 139 Å². The van der Waals surface area contributed by atoms with Crippen LogP contribution in [0.25, 0.3) is 22.4 Å². The molecule has 246 valence electrons. The van der Waals surface area contributed by atoms with Crippen LogP contribution >= 0.6 is 11.6 Å². The third-order valence-corrected chi connectivity index (χ3v) is 10.0. The molecule has 6 rings (SSSR count). The molecule has 10 nitrogen and oxygen atoms in total. The van der Waals surface area contributed by atoms with Crippen LogP contribution in [-0.2, 0) is 20.8 Å². The van der Waals surface area contributed by atoms with Crippen LogP contribution in [0.3, 0.4) is 0 Å². The van der Waals surface area contributed by atoms with E-state index >= 15 is 4.39 Å². The van der Waals surface area contributed by atoms with Gasteiger partial charge in [0, 0.05) is 61.5 Å². The monoisotopic (exact) mass is 660 g/mol. The summed E-state index contributed by atoms with van der Waals surface area (Å²) in [6, 6.07) is 10.2. The van der Waals surface area contributed by atoms with E-state index in [4.69, 9.17) is 27.1 Å². The lowest BCUT2D eigenvalue weighted by Crippen LogP contribution is -2.44. The lowest BCUT2D eigenvalue weighted by molar-refractivity contribution is -0.121. The molecule has 1 aromatic heterocycles. The number of ether oxygens (including phenoxy) is 1. The Balaban J connectivity index is 1.33. The average molecular weight is 661 g/mol. The third-order valence-electron chi connectivity index (χ3n) is 9.64. The molecular formula is C35H38ClFN6O4. The van der Waals surface area contributed by atoms with Gasteiger partial charge in [-0.05, 0) is 73.6 Å². The Hall–Kier alpha value is -4.32. The largest absolute Gasteiger partial charge is 0.481 e. The lowest BCUT2D eigenvalue weighted by atomic mass is 9.95. The molecule has 1 aliphatic carbocycles. The number of hydrogen-bond donors (Lipinski definition) is 4. The van der Waals surface area contributed by atoms with Gasteiger partial charge in [-0.25, -0.2) is 9.37 Å². The van der Waals surface area contributed by atoms with Crippen molar-refractivity contribution in [2.75, 3.05) is 39.1 Å². The molecule has 2 fully saturated rings. The van der Waals surface area contributed by atoms with Gasteiger partial charge in [-0.3, -0.25) is 19.3 Å². The summed E-state index contributed by atoms with van der Waals surface area (Å²) in [5.74, 6) is -1.11. The first-order valence-electron chi connectivity index (χ1n) is 15.7. The second-order valence-corrected chi connectivity index (χ2v) is 12.7. The van der Waals surface area contributed by atoms with Crippen LogP contribution in [-0.4, -0.2) is 66.9 Å². The third kappa shape index (κ3) is 5.99. The predicted octanol–water partition coefficient (Wildman–Crippen LogP) is 4.44. The molecule has 2 aromatic carbocycles. The summed E-state index contributed by atoms with van der Waals surface area (Å²) in [7, 11) is 3.03. The van der Waals surface area contributed by atoms with Crippen molar-refractivity contribution in [1.29, 1.82) is 0 Å². The van der Waals surface area contributed by atoms with E-state index in [-0.39, 0.29) is 40.2 Å². The minimum absolute atomic E-state index is 0.00355. The summed E-state index contributed by atoms with van der Waals surface area (Å²) in [5, 5.41) is 8.57. The number of carbonyl (C=O) groups is 3. The molecule has 1 spiro atoms. The fraction of sp³-hybridized carbons (Fsp3) is 0.371. The summed E-state index contributed by atoms with van der Waals surface area (Å²) in [6.45, 7) is 3.44. The number of nitrogens with two attached hydrogens (primary N) is 1. The first kappa shape index (κ1) is 32.6. The summed E-state index contributed by atoms with van der Waals surface area (Å²) < 4.78 is 21.4. The number of carbonyl (C=O) groups excluding carboxylic acids is 3. The van der Waals surface area contributed by atoms with E-state index in [2.05, 4.69) is 20.9 Å². The summed E-state index contributed by atoms with van der Waals surface area (Å²) in [4.78, 5) is 44.5. The molecule has 5 N–H and O–H groups in total. The van der Waals surface area contributed by atoms with Crippen molar-refractivity contribution in [2.24, 2.45) is 5.73 Å². The molecule has 0 saturated carbocycles. The number of aryl methyl sites for hydroxylation is 1.